The van der Waals surface area contributed by atoms with Crippen LogP contribution < -0.4 is 16.0 Å². The molecule has 30 heavy (non-hydrogen) atoms. The molecular formula is C23H29N3O4. The average molecular weight is 412 g/mol. The predicted molar refractivity (Wildman–Crippen MR) is 114 cm³/mol. The number of aromatic amines is 1. The summed E-state index contributed by atoms with van der Waals surface area (Å²) in [6.45, 7) is 0. The zero-order valence-corrected chi connectivity index (χ0v) is 17.3. The van der Waals surface area contributed by atoms with Crippen LogP contribution >= 0.6 is 0 Å². The second-order valence-electron chi connectivity index (χ2n) is 9.19. The first kappa shape index (κ1) is 19.5. The third-order valence-electron chi connectivity index (χ3n) is 7.02. The van der Waals surface area contributed by atoms with Crippen molar-refractivity contribution in [3.63, 3.8) is 0 Å². The van der Waals surface area contributed by atoms with Crippen LogP contribution in [0.25, 0.3) is 11.1 Å². The van der Waals surface area contributed by atoms with Crippen molar-refractivity contribution >= 4 is 16.8 Å². The van der Waals surface area contributed by atoms with Gasteiger partial charge in [0.1, 0.15) is 5.39 Å². The fourth-order valence-electron chi connectivity index (χ4n) is 5.29. The van der Waals surface area contributed by atoms with Crippen molar-refractivity contribution in [2.24, 2.45) is 22.9 Å². The molecule has 0 spiro atoms. The van der Waals surface area contributed by atoms with Crippen LogP contribution in [0.1, 0.15) is 76.2 Å². The van der Waals surface area contributed by atoms with Crippen molar-refractivity contribution in [1.82, 2.24) is 9.97 Å². The first-order chi connectivity index (χ1) is 14.7. The number of aromatic nitrogens is 2. The van der Waals surface area contributed by atoms with Crippen molar-refractivity contribution in [2.45, 2.75) is 77.0 Å². The highest BCUT2D eigenvalue weighted by Crippen LogP contribution is 2.39. The van der Waals surface area contributed by atoms with Gasteiger partial charge in [-0.3, -0.25) is 9.78 Å². The minimum absolute atomic E-state index is 0.0174. The fraction of sp³-hybridized carbons (Fsp3) is 0.652. The Labute approximate surface area is 174 Å². The molecule has 3 saturated carbocycles. The first-order valence-corrected chi connectivity index (χ1v) is 11.5. The highest BCUT2D eigenvalue weighted by Gasteiger charge is 2.32. The number of H-pyrrole nitrogens is 1. The standard InChI is InChI=1S/C23H29N3O4/c27-19-13-16(8-3-5-14-11-12-14)20-21(28)24-23(25-22(20)29-19)30-26-18-10-4-7-15-6-1-2-9-17(15)18/h13-15,17H,1-12H2,(H,24,25,28)/b26-18+. The van der Waals surface area contributed by atoms with E-state index in [0.717, 1.165) is 43.7 Å². The average Bonchev–Trinajstić information content (AvgIpc) is 3.56. The maximum atomic E-state index is 12.7. The molecule has 1 N–H and O–H groups in total. The lowest BCUT2D eigenvalue weighted by molar-refractivity contribution is 0.244. The van der Waals surface area contributed by atoms with Crippen LogP contribution in [-0.2, 0) is 6.42 Å². The molecule has 2 unspecified atom stereocenters. The summed E-state index contributed by atoms with van der Waals surface area (Å²) in [6.07, 6.45) is 13.6. The summed E-state index contributed by atoms with van der Waals surface area (Å²) in [5.74, 6) is 2.00. The van der Waals surface area contributed by atoms with Crippen LogP contribution in [-0.4, -0.2) is 15.7 Å². The Hall–Kier alpha value is -2.44. The first-order valence-electron chi connectivity index (χ1n) is 11.5. The van der Waals surface area contributed by atoms with Gasteiger partial charge in [0.25, 0.3) is 5.56 Å². The van der Waals surface area contributed by atoms with Gasteiger partial charge in [0.15, 0.2) is 0 Å². The van der Waals surface area contributed by atoms with E-state index in [1.54, 1.807) is 0 Å². The highest BCUT2D eigenvalue weighted by atomic mass is 16.6. The maximum Gasteiger partial charge on any atom is 0.337 e. The van der Waals surface area contributed by atoms with Gasteiger partial charge in [-0.1, -0.05) is 37.3 Å². The summed E-state index contributed by atoms with van der Waals surface area (Å²) in [6, 6.07) is 1.40. The molecule has 7 nitrogen and oxygen atoms in total. The van der Waals surface area contributed by atoms with Gasteiger partial charge in [-0.15, -0.1) is 0 Å². The molecule has 0 saturated heterocycles. The number of oxime groups is 1. The van der Waals surface area contributed by atoms with E-state index in [1.165, 1.54) is 44.6 Å². The molecule has 160 valence electrons. The molecular weight excluding hydrogens is 382 g/mol. The number of nitrogens with one attached hydrogen (secondary N) is 1. The van der Waals surface area contributed by atoms with Crippen molar-refractivity contribution in [3.8, 4) is 6.01 Å². The van der Waals surface area contributed by atoms with E-state index < -0.39 is 5.63 Å². The quantitative estimate of drug-likeness (QED) is 0.713. The Kier molecular flexibility index (Phi) is 5.44. The van der Waals surface area contributed by atoms with Crippen LogP contribution in [0, 0.1) is 17.8 Å². The second kappa shape index (κ2) is 8.36. The maximum absolute atomic E-state index is 12.7. The van der Waals surface area contributed by atoms with Gasteiger partial charge in [-0.2, -0.15) is 4.98 Å². The summed E-state index contributed by atoms with van der Waals surface area (Å²) in [4.78, 5) is 37.2. The van der Waals surface area contributed by atoms with E-state index in [1.807, 2.05) is 0 Å². The summed E-state index contributed by atoms with van der Waals surface area (Å²) < 4.78 is 5.23. The van der Waals surface area contributed by atoms with Gasteiger partial charge in [0, 0.05) is 12.0 Å². The van der Waals surface area contributed by atoms with Crippen molar-refractivity contribution in [1.29, 1.82) is 0 Å². The summed E-state index contributed by atoms with van der Waals surface area (Å²) in [5, 5.41) is 4.71. The van der Waals surface area contributed by atoms with E-state index in [0.29, 0.717) is 29.2 Å². The van der Waals surface area contributed by atoms with Gasteiger partial charge in [-0.25, -0.2) is 4.79 Å². The fourth-order valence-corrected chi connectivity index (χ4v) is 5.29. The lowest BCUT2D eigenvalue weighted by atomic mass is 9.70. The highest BCUT2D eigenvalue weighted by molar-refractivity contribution is 5.87. The molecule has 0 amide bonds. The molecule has 2 heterocycles. The molecule has 0 bridgehead atoms. The van der Waals surface area contributed by atoms with Crippen molar-refractivity contribution in [3.05, 3.63) is 32.4 Å². The zero-order valence-electron chi connectivity index (χ0n) is 17.3. The minimum Gasteiger partial charge on any atom is -0.403 e. The Morgan fingerprint density at radius 3 is 2.83 bits per heavy atom. The molecule has 0 aliphatic heterocycles. The molecule has 3 fully saturated rings. The summed E-state index contributed by atoms with van der Waals surface area (Å²) in [7, 11) is 0. The number of fused-ring (bicyclic) bond motifs is 2. The molecule has 2 aromatic heterocycles. The van der Waals surface area contributed by atoms with Gasteiger partial charge < -0.3 is 9.25 Å². The van der Waals surface area contributed by atoms with Crippen LogP contribution in [0.2, 0.25) is 0 Å². The normalized spacial score (nSPS) is 25.4. The van der Waals surface area contributed by atoms with E-state index in [4.69, 9.17) is 9.25 Å². The Bertz CT molecular complexity index is 1060. The van der Waals surface area contributed by atoms with Crippen LogP contribution in [0.4, 0.5) is 0 Å². The minimum atomic E-state index is -0.489. The Balaban J connectivity index is 1.38. The molecule has 0 radical (unpaired) electrons. The van der Waals surface area contributed by atoms with Crippen LogP contribution in [0.15, 0.2) is 25.2 Å². The number of rotatable bonds is 6. The third-order valence-corrected chi connectivity index (χ3v) is 7.02. The lowest BCUT2D eigenvalue weighted by Crippen LogP contribution is -2.31. The molecule has 2 atom stereocenters. The Morgan fingerprint density at radius 1 is 1.13 bits per heavy atom. The molecule has 3 aliphatic rings. The zero-order chi connectivity index (χ0) is 20.5. The largest absolute Gasteiger partial charge is 0.403 e. The van der Waals surface area contributed by atoms with Crippen molar-refractivity contribution in [2.75, 3.05) is 0 Å². The third kappa shape index (κ3) is 4.20. The smallest absolute Gasteiger partial charge is 0.337 e. The molecule has 7 heteroatoms. The SMILES string of the molecule is O=c1cc(CCCC2CC2)c2c(=O)[nH]c(O/N=C3\CCCC4CCCCC34)nc2o1. The molecule has 0 aromatic carbocycles. The number of hydrogen-bond donors (Lipinski definition) is 1. The Morgan fingerprint density at radius 2 is 1.97 bits per heavy atom. The summed E-state index contributed by atoms with van der Waals surface area (Å²) >= 11 is 0. The second-order valence-corrected chi connectivity index (χ2v) is 9.19. The lowest BCUT2D eigenvalue weighted by Gasteiger charge is -2.35. The van der Waals surface area contributed by atoms with Crippen molar-refractivity contribution < 1.29 is 9.25 Å². The molecule has 3 aliphatic carbocycles. The monoisotopic (exact) mass is 411 g/mol. The van der Waals surface area contributed by atoms with E-state index in [9.17, 15) is 9.59 Å². The topological polar surface area (TPSA) is 97.5 Å². The number of aryl methyl sites for hydroxylation is 1. The van der Waals surface area contributed by atoms with Gasteiger partial charge in [0.05, 0.1) is 5.71 Å². The van der Waals surface area contributed by atoms with Gasteiger partial charge >= 0.3 is 11.6 Å². The van der Waals surface area contributed by atoms with E-state index >= 15 is 0 Å². The predicted octanol–water partition coefficient (Wildman–Crippen LogP) is 4.33. The van der Waals surface area contributed by atoms with Gasteiger partial charge in [-0.05, 0) is 62.3 Å². The molecule has 2 aromatic rings. The van der Waals surface area contributed by atoms with Gasteiger partial charge in [0.2, 0.25) is 5.71 Å². The van der Waals surface area contributed by atoms with E-state index in [-0.39, 0.29) is 17.3 Å². The summed E-state index contributed by atoms with van der Waals surface area (Å²) in [5.41, 5.74) is 0.966. The van der Waals surface area contributed by atoms with E-state index in [2.05, 4.69) is 15.1 Å². The number of hydrogen-bond acceptors (Lipinski definition) is 6. The van der Waals surface area contributed by atoms with Crippen LogP contribution in [0.5, 0.6) is 6.01 Å². The number of nitrogens with zero attached hydrogens (tertiary/aromatic N) is 2. The van der Waals surface area contributed by atoms with Crippen LogP contribution in [0.3, 0.4) is 0 Å². The molecule has 5 rings (SSSR count).